The molecule has 150 valence electrons. The Morgan fingerprint density at radius 1 is 1.14 bits per heavy atom. The van der Waals surface area contributed by atoms with Crippen molar-refractivity contribution in [3.63, 3.8) is 0 Å². The molecule has 1 N–H and O–H groups in total. The number of aromatic nitrogens is 2. The molecule has 1 heterocycles. The summed E-state index contributed by atoms with van der Waals surface area (Å²) in [5.74, 6) is -0.381. The van der Waals surface area contributed by atoms with Gasteiger partial charge in [0, 0.05) is 12.0 Å². The Bertz CT molecular complexity index is 975. The van der Waals surface area contributed by atoms with Crippen LogP contribution in [-0.4, -0.2) is 41.0 Å². The number of ether oxygens (including phenoxy) is 1. The molecule has 0 aliphatic rings. The monoisotopic (exact) mass is 411 g/mol. The van der Waals surface area contributed by atoms with Crippen LogP contribution in [0.1, 0.15) is 11.1 Å². The molecule has 1 aromatic heterocycles. The van der Waals surface area contributed by atoms with Crippen molar-refractivity contribution in [2.45, 2.75) is 24.6 Å². The highest BCUT2D eigenvalue weighted by atomic mass is 32.2. The minimum atomic E-state index is -0.763. The third kappa shape index (κ3) is 5.92. The molecule has 1 amide bonds. The maximum atomic E-state index is 12.3. The van der Waals surface area contributed by atoms with E-state index in [-0.39, 0.29) is 16.9 Å². The van der Waals surface area contributed by atoms with Crippen LogP contribution in [0.2, 0.25) is 0 Å². The van der Waals surface area contributed by atoms with Crippen molar-refractivity contribution in [1.82, 2.24) is 15.5 Å². The van der Waals surface area contributed by atoms with Gasteiger partial charge >= 0.3 is 5.97 Å². The number of rotatable bonds is 8. The number of carbonyl (C=O) groups excluding carboxylic acids is 2. The van der Waals surface area contributed by atoms with E-state index in [1.807, 2.05) is 61.5 Å². The molecule has 2 aromatic carbocycles. The maximum Gasteiger partial charge on any atom is 0.328 e. The van der Waals surface area contributed by atoms with Gasteiger partial charge in [-0.15, -0.1) is 10.2 Å². The molecular formula is C21H21N3O4S. The Morgan fingerprint density at radius 3 is 2.66 bits per heavy atom. The fourth-order valence-electron chi connectivity index (χ4n) is 2.71. The second kappa shape index (κ2) is 9.88. The van der Waals surface area contributed by atoms with Crippen molar-refractivity contribution in [2.24, 2.45) is 0 Å². The van der Waals surface area contributed by atoms with E-state index in [1.165, 1.54) is 7.11 Å². The van der Waals surface area contributed by atoms with Crippen molar-refractivity contribution in [3.8, 4) is 11.5 Å². The first-order chi connectivity index (χ1) is 14.0. The molecule has 0 fully saturated rings. The number of esters is 1. The third-order valence-electron chi connectivity index (χ3n) is 4.10. The van der Waals surface area contributed by atoms with Crippen molar-refractivity contribution in [2.75, 3.05) is 12.9 Å². The van der Waals surface area contributed by atoms with Gasteiger partial charge in [-0.2, -0.15) is 0 Å². The summed E-state index contributed by atoms with van der Waals surface area (Å²) < 4.78 is 10.4. The second-order valence-corrected chi connectivity index (χ2v) is 7.29. The van der Waals surface area contributed by atoms with Crippen LogP contribution in [0.5, 0.6) is 0 Å². The molecule has 0 unspecified atom stereocenters. The molecule has 0 aliphatic carbocycles. The fourth-order valence-corrected chi connectivity index (χ4v) is 3.29. The first-order valence-corrected chi connectivity index (χ1v) is 9.98. The van der Waals surface area contributed by atoms with Crippen LogP contribution in [0, 0.1) is 6.92 Å². The van der Waals surface area contributed by atoms with E-state index in [2.05, 4.69) is 15.5 Å². The van der Waals surface area contributed by atoms with Gasteiger partial charge in [-0.1, -0.05) is 59.8 Å². The van der Waals surface area contributed by atoms with E-state index in [0.29, 0.717) is 12.3 Å². The molecule has 0 radical (unpaired) electrons. The lowest BCUT2D eigenvalue weighted by molar-refractivity contribution is -0.144. The minimum Gasteiger partial charge on any atom is -0.467 e. The van der Waals surface area contributed by atoms with Gasteiger partial charge in [0.15, 0.2) is 0 Å². The lowest BCUT2D eigenvalue weighted by Gasteiger charge is -2.16. The van der Waals surface area contributed by atoms with Crippen LogP contribution in [-0.2, 0) is 20.7 Å². The molecule has 3 rings (SSSR count). The molecule has 8 heteroatoms. The normalized spacial score (nSPS) is 11.7. The minimum absolute atomic E-state index is 0.0394. The molecule has 0 saturated heterocycles. The SMILES string of the molecule is COC(=O)[C@H](Cc1ccccc1)NC(=O)CSc1nnc(-c2cccc(C)c2)o1. The van der Waals surface area contributed by atoms with Gasteiger partial charge in [0.25, 0.3) is 5.22 Å². The van der Waals surface area contributed by atoms with Crippen LogP contribution in [0.4, 0.5) is 0 Å². The maximum absolute atomic E-state index is 12.3. The number of hydrogen-bond donors (Lipinski definition) is 1. The van der Waals surface area contributed by atoms with Gasteiger partial charge in [0.05, 0.1) is 12.9 Å². The Balaban J connectivity index is 1.57. The number of nitrogens with one attached hydrogen (secondary N) is 1. The predicted octanol–water partition coefficient (Wildman–Crippen LogP) is 3.04. The zero-order chi connectivity index (χ0) is 20.6. The zero-order valence-corrected chi connectivity index (χ0v) is 16.9. The molecule has 0 spiro atoms. The van der Waals surface area contributed by atoms with Crippen LogP contribution in [0.25, 0.3) is 11.5 Å². The van der Waals surface area contributed by atoms with Crippen LogP contribution >= 0.6 is 11.8 Å². The number of carbonyl (C=O) groups is 2. The molecule has 0 saturated carbocycles. The summed E-state index contributed by atoms with van der Waals surface area (Å²) in [7, 11) is 1.30. The summed E-state index contributed by atoms with van der Waals surface area (Å²) in [6.45, 7) is 1.98. The van der Waals surface area contributed by atoms with E-state index < -0.39 is 12.0 Å². The van der Waals surface area contributed by atoms with Crippen molar-refractivity contribution in [1.29, 1.82) is 0 Å². The molecule has 3 aromatic rings. The Kier molecular flexibility index (Phi) is 7.02. The zero-order valence-electron chi connectivity index (χ0n) is 16.1. The van der Waals surface area contributed by atoms with Gasteiger partial charge in [-0.25, -0.2) is 4.79 Å². The quantitative estimate of drug-likeness (QED) is 0.450. The fraction of sp³-hybridized carbons (Fsp3) is 0.238. The first-order valence-electron chi connectivity index (χ1n) is 8.99. The highest BCUT2D eigenvalue weighted by molar-refractivity contribution is 7.99. The molecule has 0 aliphatic heterocycles. The van der Waals surface area contributed by atoms with Gasteiger partial charge in [0.2, 0.25) is 11.8 Å². The van der Waals surface area contributed by atoms with Gasteiger partial charge < -0.3 is 14.5 Å². The molecule has 1 atom stereocenters. The van der Waals surface area contributed by atoms with Gasteiger partial charge in [-0.3, -0.25) is 4.79 Å². The first kappa shape index (κ1) is 20.6. The van der Waals surface area contributed by atoms with E-state index >= 15 is 0 Å². The van der Waals surface area contributed by atoms with E-state index in [0.717, 1.165) is 28.5 Å². The number of aryl methyl sites for hydroxylation is 1. The average molecular weight is 411 g/mol. The average Bonchev–Trinajstić information content (AvgIpc) is 3.21. The lowest BCUT2D eigenvalue weighted by atomic mass is 10.1. The summed E-state index contributed by atoms with van der Waals surface area (Å²) in [4.78, 5) is 24.4. The predicted molar refractivity (Wildman–Crippen MR) is 109 cm³/mol. The van der Waals surface area contributed by atoms with Crippen LogP contribution in [0.15, 0.2) is 64.2 Å². The molecular weight excluding hydrogens is 390 g/mol. The lowest BCUT2D eigenvalue weighted by Crippen LogP contribution is -2.43. The Hall–Kier alpha value is -3.13. The largest absolute Gasteiger partial charge is 0.467 e. The van der Waals surface area contributed by atoms with E-state index in [9.17, 15) is 9.59 Å². The number of thioether (sulfide) groups is 1. The van der Waals surface area contributed by atoms with E-state index in [4.69, 9.17) is 9.15 Å². The second-order valence-electron chi connectivity index (χ2n) is 6.36. The topological polar surface area (TPSA) is 94.3 Å². The summed E-state index contributed by atoms with van der Waals surface area (Å²) in [6.07, 6.45) is 0.349. The van der Waals surface area contributed by atoms with Crippen molar-refractivity contribution in [3.05, 3.63) is 65.7 Å². The summed E-state index contributed by atoms with van der Waals surface area (Å²) in [5.41, 5.74) is 2.83. The number of benzene rings is 2. The summed E-state index contributed by atoms with van der Waals surface area (Å²) >= 11 is 1.11. The van der Waals surface area contributed by atoms with Crippen LogP contribution in [0.3, 0.4) is 0 Å². The highest BCUT2D eigenvalue weighted by Crippen LogP contribution is 2.23. The number of nitrogens with zero attached hydrogens (tertiary/aromatic N) is 2. The van der Waals surface area contributed by atoms with Crippen molar-refractivity contribution < 1.29 is 18.7 Å². The standard InChI is InChI=1S/C21H21N3O4S/c1-14-7-6-10-16(11-14)19-23-24-21(28-19)29-13-18(25)22-17(20(26)27-2)12-15-8-4-3-5-9-15/h3-11,17H,12-13H2,1-2H3,(H,22,25)/t17-/m0/s1. The molecule has 0 bridgehead atoms. The van der Waals surface area contributed by atoms with Gasteiger partial charge in [-0.05, 0) is 24.6 Å². The summed E-state index contributed by atoms with van der Waals surface area (Å²) in [6, 6.07) is 16.4. The number of hydrogen-bond acceptors (Lipinski definition) is 7. The summed E-state index contributed by atoms with van der Waals surface area (Å²) in [5, 5.41) is 11.0. The number of amides is 1. The van der Waals surface area contributed by atoms with Crippen molar-refractivity contribution >= 4 is 23.6 Å². The highest BCUT2D eigenvalue weighted by Gasteiger charge is 2.22. The smallest absolute Gasteiger partial charge is 0.328 e. The van der Waals surface area contributed by atoms with Crippen LogP contribution < -0.4 is 5.32 Å². The number of methoxy groups -OCH3 is 1. The van der Waals surface area contributed by atoms with E-state index in [1.54, 1.807) is 0 Å². The Labute approximate surface area is 172 Å². The molecule has 29 heavy (non-hydrogen) atoms. The molecule has 7 nitrogen and oxygen atoms in total. The Morgan fingerprint density at radius 2 is 1.93 bits per heavy atom. The third-order valence-corrected chi connectivity index (χ3v) is 4.92. The van der Waals surface area contributed by atoms with Gasteiger partial charge in [0.1, 0.15) is 6.04 Å².